The molecule has 0 saturated carbocycles. The highest BCUT2D eigenvalue weighted by Gasteiger charge is 2.29. The van der Waals surface area contributed by atoms with Crippen LogP contribution in [0.4, 0.5) is 0 Å². The molecule has 0 saturated heterocycles. The summed E-state index contributed by atoms with van der Waals surface area (Å²) in [6.07, 6.45) is 0. The fourth-order valence-electron chi connectivity index (χ4n) is 12.1. The SMILES string of the molecule is Cc1cccc(C)c1-c1ccc2c(c1)cc1c3c(-c4ccccc4-c4ccccc4)c4c(cc5c6ccccc6c6cccc4c65)c(-c4ccccc4-c4ccccc4)c3c3cccc2c31. The molecule has 306 valence electrons. The summed E-state index contributed by atoms with van der Waals surface area (Å²) in [6, 6.07) is 82.3. The topological polar surface area (TPSA) is 0 Å². The average Bonchev–Trinajstić information content (AvgIpc) is 3.87. The number of benzene rings is 12. The van der Waals surface area contributed by atoms with E-state index in [-0.39, 0.29) is 0 Å². The van der Waals surface area contributed by atoms with Crippen LogP contribution in [0, 0.1) is 13.8 Å². The molecule has 14 aromatic rings. The molecular formula is C66H42. The Bertz CT molecular complexity index is 4250. The summed E-state index contributed by atoms with van der Waals surface area (Å²) in [5.74, 6) is 0. The van der Waals surface area contributed by atoms with E-state index in [0.717, 1.165) is 0 Å². The predicted octanol–water partition coefficient (Wildman–Crippen LogP) is 18.7. The molecule has 0 spiro atoms. The summed E-state index contributed by atoms with van der Waals surface area (Å²) < 4.78 is 0. The van der Waals surface area contributed by atoms with Crippen molar-refractivity contribution in [3.05, 3.63) is 230 Å². The van der Waals surface area contributed by atoms with Crippen molar-refractivity contribution in [2.75, 3.05) is 0 Å². The van der Waals surface area contributed by atoms with E-state index in [0.29, 0.717) is 0 Å². The fourth-order valence-corrected chi connectivity index (χ4v) is 12.1. The second kappa shape index (κ2) is 14.1. The standard InChI is InChI=1S/C66H42/c1-39-18-15-19-40(2)59(39)43-34-35-47-44(36-43)37-57-61-50(47)30-16-33-55(61)65-62(51-28-13-9-24-45(51)41-20-5-3-6-21-41)58-38-56-49-27-12-11-26-48(49)53-31-17-32-54(60(53)56)63(58)64(66(57)65)52-29-14-10-25-46(52)42-22-7-4-8-23-42/h3-38H,1-2H3. The lowest BCUT2D eigenvalue weighted by Crippen LogP contribution is -1.94. The van der Waals surface area contributed by atoms with Crippen molar-refractivity contribution in [1.82, 2.24) is 0 Å². The van der Waals surface area contributed by atoms with E-state index in [4.69, 9.17) is 0 Å². The molecule has 66 heavy (non-hydrogen) atoms. The van der Waals surface area contributed by atoms with E-state index >= 15 is 0 Å². The van der Waals surface area contributed by atoms with Crippen LogP contribution in [0.25, 0.3) is 142 Å². The Kier molecular flexibility index (Phi) is 7.92. The Balaban J connectivity index is 1.28. The van der Waals surface area contributed by atoms with Crippen LogP contribution in [0.3, 0.4) is 0 Å². The predicted molar refractivity (Wildman–Crippen MR) is 286 cm³/mol. The van der Waals surface area contributed by atoms with Crippen LogP contribution in [-0.4, -0.2) is 0 Å². The lowest BCUT2D eigenvalue weighted by molar-refractivity contribution is 1.38. The molecule has 0 heterocycles. The summed E-state index contributed by atoms with van der Waals surface area (Å²) in [4.78, 5) is 0. The number of aryl methyl sites for hydroxylation is 2. The van der Waals surface area contributed by atoms with Gasteiger partial charge in [-0.15, -0.1) is 0 Å². The van der Waals surface area contributed by atoms with Crippen LogP contribution in [0.15, 0.2) is 218 Å². The van der Waals surface area contributed by atoms with Crippen LogP contribution in [0.1, 0.15) is 11.1 Å². The van der Waals surface area contributed by atoms with Gasteiger partial charge in [-0.2, -0.15) is 0 Å². The van der Waals surface area contributed by atoms with Gasteiger partial charge in [0.2, 0.25) is 0 Å². The maximum Gasteiger partial charge on any atom is -0.000674 e. The molecule has 0 atom stereocenters. The minimum atomic E-state index is 1.21. The highest BCUT2D eigenvalue weighted by Crippen LogP contribution is 2.57. The second-order valence-electron chi connectivity index (χ2n) is 18.3. The van der Waals surface area contributed by atoms with Gasteiger partial charge >= 0.3 is 0 Å². The normalized spacial score (nSPS) is 12.1. The first-order valence-electron chi connectivity index (χ1n) is 23.2. The van der Waals surface area contributed by atoms with Crippen LogP contribution < -0.4 is 0 Å². The Morgan fingerprint density at radius 2 is 0.682 bits per heavy atom. The van der Waals surface area contributed by atoms with Crippen molar-refractivity contribution in [2.45, 2.75) is 13.8 Å². The second-order valence-corrected chi connectivity index (χ2v) is 18.3. The Morgan fingerprint density at radius 1 is 0.212 bits per heavy atom. The van der Waals surface area contributed by atoms with Crippen molar-refractivity contribution in [3.8, 4) is 55.6 Å². The molecule has 0 aliphatic carbocycles. The van der Waals surface area contributed by atoms with Gasteiger partial charge in [0.25, 0.3) is 0 Å². The van der Waals surface area contributed by atoms with Gasteiger partial charge in [-0.05, 0) is 185 Å². The van der Waals surface area contributed by atoms with Crippen molar-refractivity contribution in [1.29, 1.82) is 0 Å². The van der Waals surface area contributed by atoms with Gasteiger partial charge in [0.05, 0.1) is 0 Å². The van der Waals surface area contributed by atoms with Gasteiger partial charge in [0.15, 0.2) is 0 Å². The van der Waals surface area contributed by atoms with E-state index in [1.165, 1.54) is 153 Å². The monoisotopic (exact) mass is 834 g/mol. The third kappa shape index (κ3) is 5.16. The highest BCUT2D eigenvalue weighted by atomic mass is 14.3. The van der Waals surface area contributed by atoms with Crippen LogP contribution >= 0.6 is 0 Å². The summed E-state index contributed by atoms with van der Waals surface area (Å²) in [7, 11) is 0. The zero-order chi connectivity index (χ0) is 43.6. The first-order valence-corrected chi connectivity index (χ1v) is 23.2. The van der Waals surface area contributed by atoms with Gasteiger partial charge in [-0.3, -0.25) is 0 Å². The van der Waals surface area contributed by atoms with E-state index in [1.54, 1.807) is 0 Å². The van der Waals surface area contributed by atoms with E-state index in [9.17, 15) is 0 Å². The molecule has 0 aromatic heterocycles. The van der Waals surface area contributed by atoms with E-state index in [1.807, 2.05) is 0 Å². The molecule has 0 aliphatic heterocycles. The average molecular weight is 835 g/mol. The van der Waals surface area contributed by atoms with E-state index < -0.39 is 0 Å². The lowest BCUT2D eigenvalue weighted by atomic mass is 9.81. The number of fused-ring (bicyclic) bond motifs is 10. The minimum Gasteiger partial charge on any atom is -0.0622 e. The summed E-state index contributed by atoms with van der Waals surface area (Å²) in [5, 5.41) is 20.8. The van der Waals surface area contributed by atoms with Crippen molar-refractivity contribution in [3.63, 3.8) is 0 Å². The zero-order valence-corrected chi connectivity index (χ0v) is 36.8. The molecule has 0 fully saturated rings. The Hall–Kier alpha value is -8.32. The van der Waals surface area contributed by atoms with Crippen LogP contribution in [-0.2, 0) is 0 Å². The molecule has 0 aliphatic rings. The number of rotatable bonds is 5. The molecule has 0 radical (unpaired) electrons. The smallest absolute Gasteiger partial charge is 0.000674 e. The molecule has 0 amide bonds. The number of hydrogen-bond acceptors (Lipinski definition) is 0. The highest BCUT2D eigenvalue weighted by molar-refractivity contribution is 6.46. The summed E-state index contributed by atoms with van der Waals surface area (Å²) in [6.45, 7) is 4.48. The van der Waals surface area contributed by atoms with Crippen LogP contribution in [0.5, 0.6) is 0 Å². The molecular weight excluding hydrogens is 793 g/mol. The summed E-state index contributed by atoms with van der Waals surface area (Å²) in [5.41, 5.74) is 15.1. The first-order chi connectivity index (χ1) is 32.6. The fraction of sp³-hybridized carbons (Fsp3) is 0.0303. The van der Waals surface area contributed by atoms with Crippen molar-refractivity contribution >= 4 is 86.2 Å². The largest absolute Gasteiger partial charge is 0.0622 e. The van der Waals surface area contributed by atoms with Gasteiger partial charge in [0, 0.05) is 0 Å². The van der Waals surface area contributed by atoms with Gasteiger partial charge in [-0.1, -0.05) is 200 Å². The van der Waals surface area contributed by atoms with Gasteiger partial charge in [0.1, 0.15) is 0 Å². The lowest BCUT2D eigenvalue weighted by Gasteiger charge is -2.22. The van der Waals surface area contributed by atoms with Crippen molar-refractivity contribution < 1.29 is 0 Å². The van der Waals surface area contributed by atoms with Gasteiger partial charge < -0.3 is 0 Å². The number of hydrogen-bond donors (Lipinski definition) is 0. The first kappa shape index (κ1) is 37.1. The minimum absolute atomic E-state index is 1.21. The quantitative estimate of drug-likeness (QED) is 0.152. The molecule has 14 rings (SSSR count). The molecule has 14 aromatic carbocycles. The Labute approximate surface area is 383 Å². The molecule has 0 unspecified atom stereocenters. The molecule has 0 heteroatoms. The van der Waals surface area contributed by atoms with E-state index in [2.05, 4.69) is 232 Å². The third-order valence-electron chi connectivity index (χ3n) is 14.8. The third-order valence-corrected chi connectivity index (χ3v) is 14.8. The molecule has 0 nitrogen and oxygen atoms in total. The van der Waals surface area contributed by atoms with Gasteiger partial charge in [-0.25, -0.2) is 0 Å². The Morgan fingerprint density at radius 3 is 1.33 bits per heavy atom. The molecule has 0 bridgehead atoms. The van der Waals surface area contributed by atoms with Crippen LogP contribution in [0.2, 0.25) is 0 Å². The maximum atomic E-state index is 2.56. The zero-order valence-electron chi connectivity index (χ0n) is 36.8. The summed E-state index contributed by atoms with van der Waals surface area (Å²) >= 11 is 0. The van der Waals surface area contributed by atoms with Crippen molar-refractivity contribution in [2.24, 2.45) is 0 Å². The molecule has 0 N–H and O–H groups in total. The maximum absolute atomic E-state index is 2.56.